The normalized spacial score (nSPS) is 15.7. The number of hydrogen-bond donors (Lipinski definition) is 1. The molecule has 2 heterocycles. The zero-order chi connectivity index (χ0) is 19.3. The molecule has 1 saturated heterocycles. The molecule has 1 aliphatic heterocycles. The van der Waals surface area contributed by atoms with E-state index in [9.17, 15) is 4.79 Å². The summed E-state index contributed by atoms with van der Waals surface area (Å²) in [4.78, 5) is 14.6. The molecular formula is C17H23ClN6O2S. The van der Waals surface area contributed by atoms with Crippen molar-refractivity contribution < 1.29 is 9.53 Å². The fourth-order valence-corrected chi connectivity index (χ4v) is 3.72. The molecule has 1 amide bonds. The Morgan fingerprint density at radius 2 is 2.15 bits per heavy atom. The summed E-state index contributed by atoms with van der Waals surface area (Å²) in [7, 11) is 0. The van der Waals surface area contributed by atoms with E-state index in [2.05, 4.69) is 39.6 Å². The maximum absolute atomic E-state index is 12.3. The Morgan fingerprint density at radius 3 is 2.89 bits per heavy atom. The molecule has 10 heteroatoms. The Morgan fingerprint density at radius 1 is 1.37 bits per heavy atom. The van der Waals surface area contributed by atoms with Gasteiger partial charge in [0.05, 0.1) is 24.7 Å². The number of aromatic nitrogens is 4. The van der Waals surface area contributed by atoms with Crippen LogP contribution in [0.1, 0.15) is 13.8 Å². The van der Waals surface area contributed by atoms with E-state index in [1.54, 1.807) is 16.8 Å². The van der Waals surface area contributed by atoms with E-state index in [4.69, 9.17) is 16.3 Å². The standard InChI is InChI=1S/C17H23ClN6O2S/c1-17(2,23-6-8-26-9-7-23)12-19-15(25)11-27-16-20-21-22-24(16)14-5-3-4-13(18)10-14/h3-5,10H,6-9,11-12H2,1-2H3,(H,19,25). The highest BCUT2D eigenvalue weighted by molar-refractivity contribution is 7.99. The highest BCUT2D eigenvalue weighted by Gasteiger charge is 2.28. The first kappa shape index (κ1) is 20.1. The molecule has 0 saturated carbocycles. The second kappa shape index (κ2) is 9.01. The summed E-state index contributed by atoms with van der Waals surface area (Å²) in [6, 6.07) is 7.24. The lowest BCUT2D eigenvalue weighted by atomic mass is 10.0. The van der Waals surface area contributed by atoms with Gasteiger partial charge in [0.1, 0.15) is 0 Å². The lowest BCUT2D eigenvalue weighted by molar-refractivity contribution is -0.119. The number of morpholine rings is 1. The lowest BCUT2D eigenvalue weighted by Crippen LogP contribution is -2.55. The first-order valence-corrected chi connectivity index (χ1v) is 10.1. The van der Waals surface area contributed by atoms with Crippen LogP contribution in [0.2, 0.25) is 5.02 Å². The van der Waals surface area contributed by atoms with Crippen molar-refractivity contribution in [3.05, 3.63) is 29.3 Å². The number of nitrogens with one attached hydrogen (secondary N) is 1. The molecule has 0 radical (unpaired) electrons. The monoisotopic (exact) mass is 410 g/mol. The van der Waals surface area contributed by atoms with Gasteiger partial charge >= 0.3 is 0 Å². The number of tetrazole rings is 1. The van der Waals surface area contributed by atoms with Crippen LogP contribution in [-0.4, -0.2) is 75.2 Å². The van der Waals surface area contributed by atoms with Crippen molar-refractivity contribution in [2.75, 3.05) is 38.6 Å². The van der Waals surface area contributed by atoms with Crippen LogP contribution >= 0.6 is 23.4 Å². The number of hydrogen-bond acceptors (Lipinski definition) is 7. The molecular weight excluding hydrogens is 388 g/mol. The van der Waals surface area contributed by atoms with Gasteiger partial charge in [-0.15, -0.1) is 5.10 Å². The number of nitrogens with zero attached hydrogens (tertiary/aromatic N) is 5. The van der Waals surface area contributed by atoms with E-state index in [0.717, 1.165) is 32.0 Å². The van der Waals surface area contributed by atoms with Gasteiger partial charge in [0.25, 0.3) is 0 Å². The quantitative estimate of drug-likeness (QED) is 0.694. The minimum atomic E-state index is -0.119. The number of halogens is 1. The number of amides is 1. The highest BCUT2D eigenvalue weighted by Crippen LogP contribution is 2.20. The van der Waals surface area contributed by atoms with Crippen LogP contribution in [0.15, 0.2) is 29.4 Å². The predicted molar refractivity (Wildman–Crippen MR) is 104 cm³/mol. The minimum absolute atomic E-state index is 0.0537. The van der Waals surface area contributed by atoms with E-state index >= 15 is 0 Å². The van der Waals surface area contributed by atoms with Gasteiger partial charge in [-0.2, -0.15) is 4.68 Å². The fourth-order valence-electron chi connectivity index (χ4n) is 2.82. The third-order valence-corrected chi connectivity index (χ3v) is 5.57. The average Bonchev–Trinajstić information content (AvgIpc) is 3.14. The van der Waals surface area contributed by atoms with Gasteiger partial charge in [-0.3, -0.25) is 9.69 Å². The minimum Gasteiger partial charge on any atom is -0.379 e. The molecule has 146 valence electrons. The number of thioether (sulfide) groups is 1. The third-order valence-electron chi connectivity index (χ3n) is 4.41. The molecule has 1 fully saturated rings. The highest BCUT2D eigenvalue weighted by atomic mass is 35.5. The maximum atomic E-state index is 12.3. The fraction of sp³-hybridized carbons (Fsp3) is 0.529. The summed E-state index contributed by atoms with van der Waals surface area (Å²) in [5.74, 6) is 0.183. The summed E-state index contributed by atoms with van der Waals surface area (Å²) in [5.41, 5.74) is 0.635. The zero-order valence-corrected chi connectivity index (χ0v) is 17.0. The molecule has 0 atom stereocenters. The Balaban J connectivity index is 1.52. The number of carbonyl (C=O) groups excluding carboxylic acids is 1. The van der Waals surface area contributed by atoms with Crippen molar-refractivity contribution in [2.45, 2.75) is 24.5 Å². The van der Waals surface area contributed by atoms with Crippen molar-refractivity contribution in [1.29, 1.82) is 0 Å². The van der Waals surface area contributed by atoms with Crippen LogP contribution in [-0.2, 0) is 9.53 Å². The van der Waals surface area contributed by atoms with Gasteiger partial charge in [0.2, 0.25) is 11.1 Å². The molecule has 0 unspecified atom stereocenters. The van der Waals surface area contributed by atoms with Crippen LogP contribution in [0.25, 0.3) is 5.69 Å². The Kier molecular flexibility index (Phi) is 6.69. The number of rotatable bonds is 7. The Labute approximate surface area is 167 Å². The van der Waals surface area contributed by atoms with E-state index in [1.165, 1.54) is 11.8 Å². The van der Waals surface area contributed by atoms with Crippen LogP contribution in [0.3, 0.4) is 0 Å². The lowest BCUT2D eigenvalue weighted by Gasteiger charge is -2.40. The van der Waals surface area contributed by atoms with Gasteiger partial charge in [0, 0.05) is 30.2 Å². The molecule has 27 heavy (non-hydrogen) atoms. The van der Waals surface area contributed by atoms with E-state index in [1.807, 2.05) is 12.1 Å². The third kappa shape index (κ3) is 5.41. The molecule has 1 aromatic carbocycles. The summed E-state index contributed by atoms with van der Waals surface area (Å²) in [5, 5.41) is 15.8. The van der Waals surface area contributed by atoms with Gasteiger partial charge in [-0.25, -0.2) is 0 Å². The van der Waals surface area contributed by atoms with Crippen molar-refractivity contribution in [2.24, 2.45) is 0 Å². The zero-order valence-electron chi connectivity index (χ0n) is 15.4. The topological polar surface area (TPSA) is 85.2 Å². The van der Waals surface area contributed by atoms with Gasteiger partial charge in [-0.05, 0) is 42.5 Å². The largest absolute Gasteiger partial charge is 0.379 e. The number of benzene rings is 1. The van der Waals surface area contributed by atoms with Crippen LogP contribution < -0.4 is 5.32 Å². The Bertz CT molecular complexity index is 778. The molecule has 0 spiro atoms. The number of carbonyl (C=O) groups is 1. The van der Waals surface area contributed by atoms with Crippen molar-refractivity contribution in [3.63, 3.8) is 0 Å². The van der Waals surface area contributed by atoms with Gasteiger partial charge in [-0.1, -0.05) is 29.4 Å². The molecule has 1 aliphatic rings. The molecule has 2 aromatic rings. The second-order valence-corrected chi connectivity index (χ2v) is 8.21. The summed E-state index contributed by atoms with van der Waals surface area (Å²) in [6.45, 7) is 8.07. The van der Waals surface area contributed by atoms with Gasteiger partial charge < -0.3 is 10.1 Å². The SMILES string of the molecule is CC(C)(CNC(=O)CSc1nnnn1-c1cccc(Cl)c1)N1CCOCC1. The molecule has 8 nitrogen and oxygen atoms in total. The molecule has 1 N–H and O–H groups in total. The maximum Gasteiger partial charge on any atom is 0.230 e. The molecule has 0 bridgehead atoms. The van der Waals surface area contributed by atoms with Crippen molar-refractivity contribution in [1.82, 2.24) is 30.4 Å². The number of ether oxygens (including phenoxy) is 1. The molecule has 3 rings (SSSR count). The average molecular weight is 411 g/mol. The smallest absolute Gasteiger partial charge is 0.230 e. The molecule has 1 aromatic heterocycles. The summed E-state index contributed by atoms with van der Waals surface area (Å²) >= 11 is 7.31. The summed E-state index contributed by atoms with van der Waals surface area (Å²) in [6.07, 6.45) is 0. The first-order chi connectivity index (χ1) is 13.0. The molecule has 0 aliphatic carbocycles. The first-order valence-electron chi connectivity index (χ1n) is 8.72. The predicted octanol–water partition coefficient (Wildman–Crippen LogP) is 1.63. The second-order valence-electron chi connectivity index (χ2n) is 6.83. The van der Waals surface area contributed by atoms with Crippen molar-refractivity contribution >= 4 is 29.3 Å². The van der Waals surface area contributed by atoms with E-state index < -0.39 is 0 Å². The van der Waals surface area contributed by atoms with E-state index in [0.29, 0.717) is 16.7 Å². The van der Waals surface area contributed by atoms with Gasteiger partial charge in [0.15, 0.2) is 0 Å². The van der Waals surface area contributed by atoms with Crippen molar-refractivity contribution in [3.8, 4) is 5.69 Å². The summed E-state index contributed by atoms with van der Waals surface area (Å²) < 4.78 is 6.96. The van der Waals surface area contributed by atoms with Crippen LogP contribution in [0.5, 0.6) is 0 Å². The van der Waals surface area contributed by atoms with E-state index in [-0.39, 0.29) is 17.2 Å². The Hall–Kier alpha value is -1.68. The van der Waals surface area contributed by atoms with Crippen LogP contribution in [0, 0.1) is 0 Å². The van der Waals surface area contributed by atoms with Crippen LogP contribution in [0.4, 0.5) is 0 Å².